The summed E-state index contributed by atoms with van der Waals surface area (Å²) in [5, 5.41) is 17.7. The Bertz CT molecular complexity index is 138. The molecule has 3 unspecified atom stereocenters. The number of rotatable bonds is 4. The summed E-state index contributed by atoms with van der Waals surface area (Å²) >= 11 is 0. The smallest absolute Gasteiger partial charge is 0.100 e. The molecule has 1 fully saturated rings. The molecule has 2 N–H and O–H groups in total. The molecule has 0 aromatic carbocycles. The second-order valence-electron chi connectivity index (χ2n) is 3.97. The molecule has 0 heterocycles. The van der Waals surface area contributed by atoms with Crippen molar-refractivity contribution in [3.05, 3.63) is 0 Å². The second kappa shape index (κ2) is 5.58. The van der Waals surface area contributed by atoms with Crippen LogP contribution in [-0.4, -0.2) is 35.6 Å². The van der Waals surface area contributed by atoms with Crippen LogP contribution >= 0.6 is 0 Å². The topological polar surface area (TPSA) is 49.7 Å². The van der Waals surface area contributed by atoms with Gasteiger partial charge < -0.3 is 14.9 Å². The maximum atomic E-state index is 9.10. The molecular formula is C10H20O3. The first-order chi connectivity index (χ1) is 6.24. The summed E-state index contributed by atoms with van der Waals surface area (Å²) in [6.45, 7) is 2.25. The zero-order valence-electron chi connectivity index (χ0n) is 8.28. The largest absolute Gasteiger partial charge is 0.394 e. The van der Waals surface area contributed by atoms with Gasteiger partial charge in [-0.05, 0) is 18.8 Å². The zero-order valence-corrected chi connectivity index (χ0v) is 8.28. The highest BCUT2D eigenvalue weighted by Gasteiger charge is 2.22. The summed E-state index contributed by atoms with van der Waals surface area (Å²) in [6, 6.07) is 0. The van der Waals surface area contributed by atoms with Gasteiger partial charge in [-0.3, -0.25) is 0 Å². The molecule has 0 spiro atoms. The predicted molar refractivity (Wildman–Crippen MR) is 50.5 cm³/mol. The molecule has 13 heavy (non-hydrogen) atoms. The van der Waals surface area contributed by atoms with Gasteiger partial charge in [-0.2, -0.15) is 0 Å². The van der Waals surface area contributed by atoms with Gasteiger partial charge in [0.15, 0.2) is 0 Å². The number of hydrogen-bond donors (Lipinski definition) is 2. The van der Waals surface area contributed by atoms with Crippen molar-refractivity contribution in [3.8, 4) is 0 Å². The molecule has 78 valence electrons. The zero-order chi connectivity index (χ0) is 9.68. The fourth-order valence-corrected chi connectivity index (χ4v) is 1.82. The van der Waals surface area contributed by atoms with Gasteiger partial charge in [0.2, 0.25) is 0 Å². The fourth-order valence-electron chi connectivity index (χ4n) is 1.82. The summed E-state index contributed by atoms with van der Waals surface area (Å²) in [4.78, 5) is 0. The molecule has 0 aliphatic heterocycles. The molecule has 0 aromatic heterocycles. The normalized spacial score (nSPS) is 31.6. The van der Waals surface area contributed by atoms with E-state index in [1.165, 1.54) is 19.3 Å². The Hall–Kier alpha value is -0.120. The summed E-state index contributed by atoms with van der Waals surface area (Å²) in [5.41, 5.74) is 0. The van der Waals surface area contributed by atoms with E-state index in [1.807, 2.05) is 0 Å². The van der Waals surface area contributed by atoms with Crippen LogP contribution in [0.2, 0.25) is 0 Å². The average molecular weight is 188 g/mol. The standard InChI is InChI=1S/C10H20O3/c1-8-4-2-3-5-10(8)13-7-9(12)6-11/h8-12H,2-7H2,1H3. The highest BCUT2D eigenvalue weighted by atomic mass is 16.5. The first kappa shape index (κ1) is 11.0. The van der Waals surface area contributed by atoms with Gasteiger partial charge in [0.25, 0.3) is 0 Å². The van der Waals surface area contributed by atoms with E-state index in [0.717, 1.165) is 6.42 Å². The second-order valence-corrected chi connectivity index (χ2v) is 3.97. The lowest BCUT2D eigenvalue weighted by atomic mass is 9.88. The maximum Gasteiger partial charge on any atom is 0.100 e. The van der Waals surface area contributed by atoms with Gasteiger partial charge in [0.1, 0.15) is 6.10 Å². The first-order valence-electron chi connectivity index (χ1n) is 5.14. The first-order valence-corrected chi connectivity index (χ1v) is 5.14. The molecule has 1 rings (SSSR count). The van der Waals surface area contributed by atoms with Crippen LogP contribution in [0.5, 0.6) is 0 Å². The molecule has 0 aromatic rings. The number of aliphatic hydroxyl groups is 2. The Morgan fingerprint density at radius 1 is 1.38 bits per heavy atom. The molecule has 3 atom stereocenters. The minimum Gasteiger partial charge on any atom is -0.394 e. The SMILES string of the molecule is CC1CCCCC1OCC(O)CO. The summed E-state index contributed by atoms with van der Waals surface area (Å²) in [6.07, 6.45) is 4.41. The summed E-state index contributed by atoms with van der Waals surface area (Å²) in [5.74, 6) is 0.597. The quantitative estimate of drug-likeness (QED) is 0.690. The number of aliphatic hydroxyl groups excluding tert-OH is 2. The Morgan fingerprint density at radius 2 is 2.08 bits per heavy atom. The molecule has 0 radical (unpaired) electrons. The minimum atomic E-state index is -0.714. The van der Waals surface area contributed by atoms with Gasteiger partial charge in [-0.1, -0.05) is 19.8 Å². The van der Waals surface area contributed by atoms with Crippen LogP contribution in [0, 0.1) is 5.92 Å². The van der Waals surface area contributed by atoms with Crippen LogP contribution in [0.1, 0.15) is 32.6 Å². The van der Waals surface area contributed by atoms with Crippen molar-refractivity contribution in [2.24, 2.45) is 5.92 Å². The van der Waals surface area contributed by atoms with Gasteiger partial charge in [0.05, 0.1) is 19.3 Å². The van der Waals surface area contributed by atoms with E-state index in [0.29, 0.717) is 5.92 Å². The van der Waals surface area contributed by atoms with Crippen LogP contribution < -0.4 is 0 Å². The molecule has 0 saturated heterocycles. The average Bonchev–Trinajstić information content (AvgIpc) is 2.16. The Kier molecular flexibility index (Phi) is 4.70. The van der Waals surface area contributed by atoms with E-state index < -0.39 is 6.10 Å². The van der Waals surface area contributed by atoms with Gasteiger partial charge in [0, 0.05) is 0 Å². The molecule has 0 bridgehead atoms. The monoisotopic (exact) mass is 188 g/mol. The minimum absolute atomic E-state index is 0.207. The van der Waals surface area contributed by atoms with Crippen molar-refractivity contribution >= 4 is 0 Å². The van der Waals surface area contributed by atoms with Gasteiger partial charge >= 0.3 is 0 Å². The Morgan fingerprint density at radius 3 is 2.69 bits per heavy atom. The van der Waals surface area contributed by atoms with Crippen molar-refractivity contribution in [2.75, 3.05) is 13.2 Å². The lowest BCUT2D eigenvalue weighted by Gasteiger charge is -2.29. The predicted octanol–water partition coefficient (Wildman–Crippen LogP) is 0.935. The number of ether oxygens (including phenoxy) is 1. The van der Waals surface area contributed by atoms with E-state index in [4.69, 9.17) is 14.9 Å². The van der Waals surface area contributed by atoms with Crippen molar-refractivity contribution in [1.29, 1.82) is 0 Å². The summed E-state index contributed by atoms with van der Waals surface area (Å²) < 4.78 is 5.54. The molecule has 3 heteroatoms. The van der Waals surface area contributed by atoms with Crippen LogP contribution in [0.4, 0.5) is 0 Å². The van der Waals surface area contributed by atoms with E-state index in [9.17, 15) is 0 Å². The van der Waals surface area contributed by atoms with Crippen LogP contribution in [0.3, 0.4) is 0 Å². The summed E-state index contributed by atoms with van der Waals surface area (Å²) in [7, 11) is 0. The fraction of sp³-hybridized carbons (Fsp3) is 1.00. The van der Waals surface area contributed by atoms with Crippen LogP contribution in [-0.2, 0) is 4.74 Å². The third-order valence-electron chi connectivity index (χ3n) is 2.75. The molecule has 1 aliphatic carbocycles. The molecule has 3 nitrogen and oxygen atoms in total. The van der Waals surface area contributed by atoms with Crippen molar-refractivity contribution in [1.82, 2.24) is 0 Å². The Labute approximate surface area is 79.7 Å². The van der Waals surface area contributed by atoms with Crippen molar-refractivity contribution in [3.63, 3.8) is 0 Å². The van der Waals surface area contributed by atoms with Crippen molar-refractivity contribution < 1.29 is 14.9 Å². The molecule has 1 saturated carbocycles. The lowest BCUT2D eigenvalue weighted by Crippen LogP contribution is -2.30. The third kappa shape index (κ3) is 3.63. The van der Waals surface area contributed by atoms with E-state index >= 15 is 0 Å². The molecular weight excluding hydrogens is 168 g/mol. The lowest BCUT2D eigenvalue weighted by molar-refractivity contribution is -0.0579. The van der Waals surface area contributed by atoms with Crippen LogP contribution in [0.15, 0.2) is 0 Å². The Balaban J connectivity index is 2.18. The van der Waals surface area contributed by atoms with Gasteiger partial charge in [-0.15, -0.1) is 0 Å². The van der Waals surface area contributed by atoms with Gasteiger partial charge in [-0.25, -0.2) is 0 Å². The van der Waals surface area contributed by atoms with Crippen molar-refractivity contribution in [2.45, 2.75) is 44.8 Å². The maximum absolute atomic E-state index is 9.10. The highest BCUT2D eigenvalue weighted by molar-refractivity contribution is 4.72. The number of hydrogen-bond acceptors (Lipinski definition) is 3. The highest BCUT2D eigenvalue weighted by Crippen LogP contribution is 2.26. The van der Waals surface area contributed by atoms with Crippen LogP contribution in [0.25, 0.3) is 0 Å². The molecule has 0 amide bonds. The van der Waals surface area contributed by atoms with E-state index in [2.05, 4.69) is 6.92 Å². The van der Waals surface area contributed by atoms with E-state index in [-0.39, 0.29) is 19.3 Å². The third-order valence-corrected chi connectivity index (χ3v) is 2.75. The van der Waals surface area contributed by atoms with E-state index in [1.54, 1.807) is 0 Å². The molecule has 1 aliphatic rings.